The van der Waals surface area contributed by atoms with Gasteiger partial charge in [0.1, 0.15) is 0 Å². The number of hydrogen-bond donors (Lipinski definition) is 1. The Morgan fingerprint density at radius 1 is 1.56 bits per heavy atom. The Kier molecular flexibility index (Phi) is 2.13. The lowest BCUT2D eigenvalue weighted by Crippen LogP contribution is -2.30. The Hall–Kier alpha value is -0.480. The molecule has 0 heterocycles. The molecule has 1 N–H and O–H groups in total. The minimum atomic E-state index is -0.0501. The normalized spacial score (nSPS) is 32.2. The van der Waals surface area contributed by atoms with Crippen molar-refractivity contribution in [2.75, 3.05) is 0 Å². The molecule has 1 nitrogen and oxygen atoms in total. The first kappa shape index (κ1) is 6.64. The van der Waals surface area contributed by atoms with Gasteiger partial charge in [-0.05, 0) is 25.7 Å². The van der Waals surface area contributed by atoms with Gasteiger partial charge in [-0.1, -0.05) is 0 Å². The molecule has 0 radical (unpaired) electrons. The average molecular weight is 124 g/mol. The maximum absolute atomic E-state index is 9.07. The third kappa shape index (κ3) is 1.46. The molecule has 1 fully saturated rings. The molecule has 9 heavy (non-hydrogen) atoms. The van der Waals surface area contributed by atoms with E-state index in [0.29, 0.717) is 5.92 Å². The summed E-state index contributed by atoms with van der Waals surface area (Å²) in [6, 6.07) is 0. The Labute approximate surface area is 56.1 Å². The lowest BCUT2D eigenvalue weighted by atomic mass is 9.80. The first-order valence-corrected chi connectivity index (χ1v) is 3.42. The maximum atomic E-state index is 9.07. The number of hydrogen-bond acceptors (Lipinski definition) is 1. The van der Waals surface area contributed by atoms with Gasteiger partial charge < -0.3 is 5.11 Å². The molecule has 1 aliphatic rings. The summed E-state index contributed by atoms with van der Waals surface area (Å²) < 4.78 is 0. The summed E-state index contributed by atoms with van der Waals surface area (Å²) in [5.74, 6) is 6.28. The van der Waals surface area contributed by atoms with Gasteiger partial charge >= 0.3 is 0 Å². The van der Waals surface area contributed by atoms with Gasteiger partial charge in [0, 0.05) is 6.42 Å². The minimum absolute atomic E-state index is 0.0501. The standard InChI is InChI=1S/C8H12O/c1-2-3-4-7-5-6-8(7)9/h7-9H,4-6H2,1H3. The zero-order chi connectivity index (χ0) is 6.69. The smallest absolute Gasteiger partial charge is 0.0577 e. The molecule has 2 unspecified atom stereocenters. The molecule has 0 aliphatic heterocycles. The van der Waals surface area contributed by atoms with Crippen LogP contribution < -0.4 is 0 Å². The van der Waals surface area contributed by atoms with E-state index >= 15 is 0 Å². The number of aliphatic hydroxyl groups is 1. The molecule has 0 amide bonds. The lowest BCUT2D eigenvalue weighted by Gasteiger charge is -2.30. The molecule has 1 saturated carbocycles. The van der Waals surface area contributed by atoms with Crippen LogP contribution in [0.5, 0.6) is 0 Å². The van der Waals surface area contributed by atoms with Crippen molar-refractivity contribution in [3.05, 3.63) is 0 Å². The van der Waals surface area contributed by atoms with E-state index in [2.05, 4.69) is 11.8 Å². The fraction of sp³-hybridized carbons (Fsp3) is 0.750. The number of rotatable bonds is 1. The van der Waals surface area contributed by atoms with Crippen LogP contribution in [0.15, 0.2) is 0 Å². The van der Waals surface area contributed by atoms with Gasteiger partial charge in [-0.2, -0.15) is 0 Å². The fourth-order valence-electron chi connectivity index (χ4n) is 1.02. The van der Waals surface area contributed by atoms with E-state index < -0.39 is 0 Å². The predicted molar refractivity (Wildman–Crippen MR) is 36.8 cm³/mol. The van der Waals surface area contributed by atoms with Crippen LogP contribution in [0.2, 0.25) is 0 Å². The quantitative estimate of drug-likeness (QED) is 0.520. The van der Waals surface area contributed by atoms with E-state index in [1.54, 1.807) is 0 Å². The zero-order valence-corrected chi connectivity index (χ0v) is 5.72. The summed E-state index contributed by atoms with van der Waals surface area (Å²) in [6.07, 6.45) is 2.98. The molecule has 0 bridgehead atoms. The topological polar surface area (TPSA) is 20.2 Å². The van der Waals surface area contributed by atoms with Crippen molar-refractivity contribution in [2.45, 2.75) is 32.3 Å². The molecule has 50 valence electrons. The molecule has 1 rings (SSSR count). The summed E-state index contributed by atoms with van der Waals surface area (Å²) in [7, 11) is 0. The highest BCUT2D eigenvalue weighted by atomic mass is 16.3. The van der Waals surface area contributed by atoms with E-state index in [9.17, 15) is 0 Å². The second kappa shape index (κ2) is 2.89. The van der Waals surface area contributed by atoms with Crippen LogP contribution >= 0.6 is 0 Å². The van der Waals surface area contributed by atoms with Crippen molar-refractivity contribution < 1.29 is 5.11 Å². The largest absolute Gasteiger partial charge is 0.393 e. The van der Waals surface area contributed by atoms with Crippen LogP contribution in [0, 0.1) is 17.8 Å². The maximum Gasteiger partial charge on any atom is 0.0577 e. The Morgan fingerprint density at radius 2 is 2.33 bits per heavy atom. The van der Waals surface area contributed by atoms with E-state index in [-0.39, 0.29) is 6.10 Å². The van der Waals surface area contributed by atoms with Crippen LogP contribution in [-0.4, -0.2) is 11.2 Å². The van der Waals surface area contributed by atoms with E-state index in [1.165, 1.54) is 0 Å². The van der Waals surface area contributed by atoms with Crippen LogP contribution in [-0.2, 0) is 0 Å². The van der Waals surface area contributed by atoms with Crippen LogP contribution in [0.1, 0.15) is 26.2 Å². The first-order chi connectivity index (χ1) is 4.34. The monoisotopic (exact) mass is 124 g/mol. The lowest BCUT2D eigenvalue weighted by molar-refractivity contribution is 0.0270. The summed E-state index contributed by atoms with van der Waals surface area (Å²) in [4.78, 5) is 0. The summed E-state index contributed by atoms with van der Waals surface area (Å²) in [6.45, 7) is 1.84. The van der Waals surface area contributed by atoms with Crippen LogP contribution in [0.25, 0.3) is 0 Å². The summed E-state index contributed by atoms with van der Waals surface area (Å²) >= 11 is 0. The van der Waals surface area contributed by atoms with E-state index in [0.717, 1.165) is 19.3 Å². The van der Waals surface area contributed by atoms with Gasteiger partial charge in [0.2, 0.25) is 0 Å². The van der Waals surface area contributed by atoms with Crippen molar-refractivity contribution in [2.24, 2.45) is 5.92 Å². The van der Waals surface area contributed by atoms with Crippen molar-refractivity contribution >= 4 is 0 Å². The molecule has 0 aromatic carbocycles. The highest BCUT2D eigenvalue weighted by molar-refractivity contribution is 4.99. The van der Waals surface area contributed by atoms with Crippen molar-refractivity contribution in [1.29, 1.82) is 0 Å². The first-order valence-electron chi connectivity index (χ1n) is 3.42. The molecule has 0 spiro atoms. The predicted octanol–water partition coefficient (Wildman–Crippen LogP) is 1.17. The van der Waals surface area contributed by atoms with Gasteiger partial charge in [0.25, 0.3) is 0 Å². The fourth-order valence-corrected chi connectivity index (χ4v) is 1.02. The third-order valence-electron chi connectivity index (χ3n) is 1.92. The molecule has 1 aliphatic carbocycles. The molecular weight excluding hydrogens is 112 g/mol. The SMILES string of the molecule is CC#CCC1CCC1O. The molecular formula is C8H12O. The Morgan fingerprint density at radius 3 is 2.67 bits per heavy atom. The zero-order valence-electron chi connectivity index (χ0n) is 5.72. The highest BCUT2D eigenvalue weighted by Gasteiger charge is 2.27. The van der Waals surface area contributed by atoms with Crippen molar-refractivity contribution in [3.63, 3.8) is 0 Å². The van der Waals surface area contributed by atoms with Gasteiger partial charge in [-0.15, -0.1) is 11.8 Å². The number of aliphatic hydroxyl groups excluding tert-OH is 1. The van der Waals surface area contributed by atoms with E-state index in [1.807, 2.05) is 6.92 Å². The van der Waals surface area contributed by atoms with Gasteiger partial charge in [0.05, 0.1) is 6.10 Å². The summed E-state index contributed by atoms with van der Waals surface area (Å²) in [5, 5.41) is 9.07. The molecule has 0 aromatic rings. The highest BCUT2D eigenvalue weighted by Crippen LogP contribution is 2.29. The van der Waals surface area contributed by atoms with Gasteiger partial charge in [-0.3, -0.25) is 0 Å². The van der Waals surface area contributed by atoms with Crippen molar-refractivity contribution in [3.8, 4) is 11.8 Å². The Bertz CT molecular complexity index is 140. The van der Waals surface area contributed by atoms with Crippen LogP contribution in [0.4, 0.5) is 0 Å². The molecule has 1 heteroatoms. The average Bonchev–Trinajstić information content (AvgIpc) is 1.86. The van der Waals surface area contributed by atoms with Gasteiger partial charge in [0.15, 0.2) is 0 Å². The summed E-state index contributed by atoms with van der Waals surface area (Å²) in [5.41, 5.74) is 0. The second-order valence-electron chi connectivity index (χ2n) is 2.54. The molecule has 0 aromatic heterocycles. The van der Waals surface area contributed by atoms with Gasteiger partial charge in [-0.25, -0.2) is 0 Å². The Balaban J connectivity index is 2.18. The third-order valence-corrected chi connectivity index (χ3v) is 1.92. The second-order valence-corrected chi connectivity index (χ2v) is 2.54. The molecule has 0 saturated heterocycles. The van der Waals surface area contributed by atoms with Crippen LogP contribution in [0.3, 0.4) is 0 Å². The molecule has 2 atom stereocenters. The van der Waals surface area contributed by atoms with Crippen molar-refractivity contribution in [1.82, 2.24) is 0 Å². The van der Waals surface area contributed by atoms with E-state index in [4.69, 9.17) is 5.11 Å². The minimum Gasteiger partial charge on any atom is -0.393 e.